The zero-order chi connectivity index (χ0) is 46.5. The number of benzene rings is 7. The van der Waals surface area contributed by atoms with Crippen molar-refractivity contribution in [3.8, 4) is 68.1 Å². The van der Waals surface area contributed by atoms with Crippen LogP contribution in [0.15, 0.2) is 170 Å². The second kappa shape index (κ2) is 17.2. The predicted molar refractivity (Wildman–Crippen MR) is 275 cm³/mol. The third kappa shape index (κ3) is 7.32. The molecule has 0 aliphatic rings. The Morgan fingerprint density at radius 3 is 1.12 bits per heavy atom. The average Bonchev–Trinajstić information content (AvgIpc) is 3.88. The van der Waals surface area contributed by atoms with E-state index in [1.165, 1.54) is 0 Å². The molecule has 0 radical (unpaired) electrons. The van der Waals surface area contributed by atoms with Crippen LogP contribution >= 0.6 is 0 Å². The molecular formula is C58H46N10. The van der Waals surface area contributed by atoms with Gasteiger partial charge < -0.3 is 9.13 Å². The minimum atomic E-state index is 0.628. The smallest absolute Gasteiger partial charge is 0.163 e. The normalized spacial score (nSPS) is 11.4. The Bertz CT molecular complexity index is 3620. The van der Waals surface area contributed by atoms with Gasteiger partial charge in [-0.2, -0.15) is 0 Å². The summed E-state index contributed by atoms with van der Waals surface area (Å²) in [4.78, 5) is 38.6. The van der Waals surface area contributed by atoms with E-state index in [4.69, 9.17) is 29.9 Å². The zero-order valence-corrected chi connectivity index (χ0v) is 38.6. The van der Waals surface area contributed by atoms with Crippen molar-refractivity contribution < 1.29 is 0 Å². The minimum absolute atomic E-state index is 0.628. The summed E-state index contributed by atoms with van der Waals surface area (Å²) in [5.41, 5.74) is 12.5. The SMILES string of the molecule is CC.Cc1nc(C)nc(-c2ccc3c4ccccc4n(-c4ccccc4-c4cc(-c5ccccc5-n5c6ccccc6c6ccc(-c7nc(C)nc(C)n7)cc65)nc(-c5ccccc5)n4)c3c2)n1. The minimum Gasteiger partial charge on any atom is -0.309 e. The van der Waals surface area contributed by atoms with E-state index in [9.17, 15) is 0 Å². The third-order valence-electron chi connectivity index (χ3n) is 12.2. The van der Waals surface area contributed by atoms with Crippen molar-refractivity contribution in [1.29, 1.82) is 0 Å². The van der Waals surface area contributed by atoms with Gasteiger partial charge in [0.05, 0.1) is 44.8 Å². The van der Waals surface area contributed by atoms with Gasteiger partial charge in [-0.3, -0.25) is 0 Å². The van der Waals surface area contributed by atoms with E-state index in [1.807, 2.05) is 59.7 Å². The maximum atomic E-state index is 5.39. The van der Waals surface area contributed by atoms with Gasteiger partial charge in [0.1, 0.15) is 23.3 Å². The van der Waals surface area contributed by atoms with Crippen molar-refractivity contribution in [2.24, 2.45) is 0 Å². The first kappa shape index (κ1) is 41.9. The van der Waals surface area contributed by atoms with Crippen molar-refractivity contribution in [3.63, 3.8) is 0 Å². The fourth-order valence-corrected chi connectivity index (χ4v) is 9.44. The number of hydrogen-bond donors (Lipinski definition) is 0. The van der Waals surface area contributed by atoms with Crippen LogP contribution in [0.5, 0.6) is 0 Å². The first-order valence-corrected chi connectivity index (χ1v) is 22.9. The maximum Gasteiger partial charge on any atom is 0.163 e. The molecule has 5 heterocycles. The van der Waals surface area contributed by atoms with Crippen LogP contribution < -0.4 is 0 Å². The molecule has 5 aromatic heterocycles. The Hall–Kier alpha value is -8.76. The van der Waals surface area contributed by atoms with Gasteiger partial charge in [0, 0.05) is 49.4 Å². The average molecular weight is 883 g/mol. The first-order valence-electron chi connectivity index (χ1n) is 22.9. The van der Waals surface area contributed by atoms with E-state index >= 15 is 0 Å². The van der Waals surface area contributed by atoms with Crippen LogP contribution in [0.2, 0.25) is 0 Å². The lowest BCUT2D eigenvalue weighted by Crippen LogP contribution is -2.03. The summed E-state index contributed by atoms with van der Waals surface area (Å²) in [6, 6.07) is 59.4. The molecule has 0 N–H and O–H groups in total. The van der Waals surface area contributed by atoms with Gasteiger partial charge in [-0.15, -0.1) is 0 Å². The van der Waals surface area contributed by atoms with E-state index in [0.717, 1.165) is 94.2 Å². The topological polar surface area (TPSA) is 113 Å². The molecule has 0 spiro atoms. The van der Waals surface area contributed by atoms with E-state index in [2.05, 4.69) is 171 Å². The van der Waals surface area contributed by atoms with Gasteiger partial charge in [-0.05, 0) is 70.2 Å². The van der Waals surface area contributed by atoms with Crippen molar-refractivity contribution in [3.05, 3.63) is 193 Å². The number of para-hydroxylation sites is 4. The Morgan fingerprint density at radius 2 is 0.662 bits per heavy atom. The number of fused-ring (bicyclic) bond motifs is 6. The molecule has 7 aromatic carbocycles. The monoisotopic (exact) mass is 882 g/mol. The predicted octanol–water partition coefficient (Wildman–Crippen LogP) is 13.6. The molecule has 12 aromatic rings. The highest BCUT2D eigenvalue weighted by Gasteiger charge is 2.22. The highest BCUT2D eigenvalue weighted by Crippen LogP contribution is 2.41. The summed E-state index contributed by atoms with van der Waals surface area (Å²) < 4.78 is 4.68. The van der Waals surface area contributed by atoms with Crippen molar-refractivity contribution in [2.45, 2.75) is 41.5 Å². The number of hydrogen-bond acceptors (Lipinski definition) is 8. The van der Waals surface area contributed by atoms with E-state index in [-0.39, 0.29) is 0 Å². The fourth-order valence-electron chi connectivity index (χ4n) is 9.44. The summed E-state index contributed by atoms with van der Waals surface area (Å²) >= 11 is 0. The Labute approximate surface area is 393 Å². The summed E-state index contributed by atoms with van der Waals surface area (Å²) in [7, 11) is 0. The molecule has 0 atom stereocenters. The molecule has 0 saturated heterocycles. The van der Waals surface area contributed by atoms with Gasteiger partial charge in [0.15, 0.2) is 17.5 Å². The van der Waals surface area contributed by atoms with Crippen molar-refractivity contribution in [2.75, 3.05) is 0 Å². The molecule has 328 valence electrons. The molecule has 10 heteroatoms. The lowest BCUT2D eigenvalue weighted by molar-refractivity contribution is 0.928. The highest BCUT2D eigenvalue weighted by atomic mass is 15.0. The van der Waals surface area contributed by atoms with Crippen molar-refractivity contribution >= 4 is 43.6 Å². The van der Waals surface area contributed by atoms with Crippen LogP contribution in [0.25, 0.3) is 112 Å². The molecule has 0 unspecified atom stereocenters. The first-order chi connectivity index (χ1) is 33.3. The summed E-state index contributed by atoms with van der Waals surface area (Å²) in [6.07, 6.45) is 0. The fraction of sp³-hybridized carbons (Fsp3) is 0.103. The van der Waals surface area contributed by atoms with Crippen LogP contribution in [0, 0.1) is 27.7 Å². The summed E-state index contributed by atoms with van der Waals surface area (Å²) in [5.74, 6) is 4.67. The molecule has 0 saturated carbocycles. The van der Waals surface area contributed by atoms with E-state index in [1.54, 1.807) is 0 Å². The van der Waals surface area contributed by atoms with Gasteiger partial charge in [-0.1, -0.05) is 141 Å². The number of aromatic nitrogens is 10. The van der Waals surface area contributed by atoms with Crippen LogP contribution in [0.4, 0.5) is 0 Å². The van der Waals surface area contributed by atoms with Crippen LogP contribution in [-0.4, -0.2) is 49.0 Å². The second-order valence-electron chi connectivity index (χ2n) is 16.5. The zero-order valence-electron chi connectivity index (χ0n) is 38.6. The second-order valence-corrected chi connectivity index (χ2v) is 16.5. The van der Waals surface area contributed by atoms with Gasteiger partial charge in [0.2, 0.25) is 0 Å². The Kier molecular flexibility index (Phi) is 10.6. The summed E-state index contributed by atoms with van der Waals surface area (Å²) in [6.45, 7) is 11.6. The van der Waals surface area contributed by atoms with Crippen LogP contribution in [0.1, 0.15) is 37.1 Å². The van der Waals surface area contributed by atoms with Crippen LogP contribution in [-0.2, 0) is 0 Å². The third-order valence-corrected chi connectivity index (χ3v) is 12.2. The van der Waals surface area contributed by atoms with E-state index in [0.29, 0.717) is 40.8 Å². The molecule has 0 amide bonds. The lowest BCUT2D eigenvalue weighted by atomic mass is 10.0. The lowest BCUT2D eigenvalue weighted by Gasteiger charge is -2.17. The highest BCUT2D eigenvalue weighted by molar-refractivity contribution is 6.12. The van der Waals surface area contributed by atoms with Gasteiger partial charge >= 0.3 is 0 Å². The van der Waals surface area contributed by atoms with Gasteiger partial charge in [0.25, 0.3) is 0 Å². The molecule has 10 nitrogen and oxygen atoms in total. The van der Waals surface area contributed by atoms with Crippen LogP contribution in [0.3, 0.4) is 0 Å². The van der Waals surface area contributed by atoms with Gasteiger partial charge in [-0.25, -0.2) is 39.9 Å². The Balaban J connectivity index is 0.00000250. The molecular weight excluding hydrogens is 837 g/mol. The molecule has 0 fully saturated rings. The molecule has 0 aliphatic carbocycles. The number of nitrogens with zero attached hydrogens (tertiary/aromatic N) is 10. The van der Waals surface area contributed by atoms with Crippen molar-refractivity contribution in [1.82, 2.24) is 49.0 Å². The molecule has 68 heavy (non-hydrogen) atoms. The summed E-state index contributed by atoms with van der Waals surface area (Å²) in [5, 5.41) is 4.55. The molecule has 12 rings (SSSR count). The molecule has 0 bridgehead atoms. The Morgan fingerprint density at radius 1 is 0.294 bits per heavy atom. The molecule has 0 aliphatic heterocycles. The number of aryl methyl sites for hydroxylation is 4. The number of rotatable bonds is 7. The largest absolute Gasteiger partial charge is 0.309 e. The standard InChI is InChI=1S/C56H40N10.C2H6/c1-33-57-34(2)60-55(59-33)38-26-28-42-40-18-8-12-22-48(40)65(52(42)30-38)50-24-14-10-20-44(50)46-32-47(64-54(63-46)37-16-6-5-7-17-37)45-21-11-15-25-51(45)66-49-23-13-9-19-41(49)43-29-27-39(31-53(43)66)56-61-35(3)58-36(4)62-56;1-2/h5-32H,1-4H3;1-2H3. The van der Waals surface area contributed by atoms with E-state index < -0.39 is 0 Å². The quantitative estimate of drug-likeness (QED) is 0.155. The maximum absolute atomic E-state index is 5.39.